The van der Waals surface area contributed by atoms with Crippen LogP contribution in [0.25, 0.3) is 0 Å². The first-order valence-corrected chi connectivity index (χ1v) is 5.73. The molecule has 4 N–H and O–H groups in total. The van der Waals surface area contributed by atoms with Crippen LogP contribution in [0.1, 0.15) is 25.7 Å². The SMILES string of the molecule is Nc1cncnc1NCC1CCCC(O)C1. The van der Waals surface area contributed by atoms with Crippen LogP contribution in [-0.2, 0) is 0 Å². The number of nitrogens with two attached hydrogens (primary N) is 1. The van der Waals surface area contributed by atoms with Crippen LogP contribution in [0.4, 0.5) is 11.5 Å². The molecular weight excluding hydrogens is 204 g/mol. The molecule has 1 fully saturated rings. The van der Waals surface area contributed by atoms with E-state index in [1.54, 1.807) is 6.20 Å². The number of aliphatic hydroxyl groups is 1. The minimum Gasteiger partial charge on any atom is -0.394 e. The van der Waals surface area contributed by atoms with Crippen molar-refractivity contribution in [1.29, 1.82) is 0 Å². The fourth-order valence-corrected chi connectivity index (χ4v) is 2.18. The van der Waals surface area contributed by atoms with Gasteiger partial charge in [-0.3, -0.25) is 0 Å². The van der Waals surface area contributed by atoms with Gasteiger partial charge in [0.15, 0.2) is 5.82 Å². The highest BCUT2D eigenvalue weighted by Gasteiger charge is 2.19. The van der Waals surface area contributed by atoms with E-state index in [1.165, 1.54) is 6.33 Å². The summed E-state index contributed by atoms with van der Waals surface area (Å²) in [7, 11) is 0. The normalized spacial score (nSPS) is 25.3. The Morgan fingerprint density at radius 2 is 2.38 bits per heavy atom. The Kier molecular flexibility index (Phi) is 3.56. The molecule has 16 heavy (non-hydrogen) atoms. The van der Waals surface area contributed by atoms with Crippen molar-refractivity contribution in [3.8, 4) is 0 Å². The molecule has 0 aliphatic heterocycles. The first-order valence-electron chi connectivity index (χ1n) is 5.73. The molecule has 0 bridgehead atoms. The van der Waals surface area contributed by atoms with Crippen molar-refractivity contribution in [3.05, 3.63) is 12.5 Å². The molecular formula is C11H18N4O. The van der Waals surface area contributed by atoms with E-state index in [1.807, 2.05) is 0 Å². The Hall–Kier alpha value is -1.36. The van der Waals surface area contributed by atoms with Crippen LogP contribution in [0.5, 0.6) is 0 Å². The lowest BCUT2D eigenvalue weighted by atomic mass is 9.87. The average Bonchev–Trinajstić information content (AvgIpc) is 2.28. The summed E-state index contributed by atoms with van der Waals surface area (Å²) in [5.74, 6) is 1.20. The highest BCUT2D eigenvalue weighted by molar-refractivity contribution is 5.58. The molecule has 2 rings (SSSR count). The van der Waals surface area contributed by atoms with Gasteiger partial charge in [-0.25, -0.2) is 9.97 Å². The van der Waals surface area contributed by atoms with Crippen LogP contribution in [0, 0.1) is 5.92 Å². The van der Waals surface area contributed by atoms with Gasteiger partial charge in [0.25, 0.3) is 0 Å². The minimum atomic E-state index is -0.136. The zero-order valence-electron chi connectivity index (χ0n) is 9.26. The van der Waals surface area contributed by atoms with Crippen molar-refractivity contribution in [2.75, 3.05) is 17.6 Å². The molecule has 0 amide bonds. The maximum Gasteiger partial charge on any atom is 0.152 e. The molecule has 1 aliphatic rings. The van der Waals surface area contributed by atoms with Crippen molar-refractivity contribution >= 4 is 11.5 Å². The Labute approximate surface area is 95.1 Å². The van der Waals surface area contributed by atoms with Gasteiger partial charge < -0.3 is 16.2 Å². The summed E-state index contributed by atoms with van der Waals surface area (Å²) >= 11 is 0. The Morgan fingerprint density at radius 1 is 1.50 bits per heavy atom. The van der Waals surface area contributed by atoms with Crippen LogP contribution in [-0.4, -0.2) is 27.7 Å². The van der Waals surface area contributed by atoms with Crippen molar-refractivity contribution in [2.24, 2.45) is 5.92 Å². The zero-order chi connectivity index (χ0) is 11.4. The van der Waals surface area contributed by atoms with E-state index in [-0.39, 0.29) is 6.10 Å². The number of rotatable bonds is 3. The van der Waals surface area contributed by atoms with Gasteiger partial charge in [-0.15, -0.1) is 0 Å². The summed E-state index contributed by atoms with van der Waals surface area (Å²) in [5, 5.41) is 12.8. The second-order valence-electron chi connectivity index (χ2n) is 4.39. The summed E-state index contributed by atoms with van der Waals surface area (Å²) in [6, 6.07) is 0. The molecule has 5 nitrogen and oxygen atoms in total. The minimum absolute atomic E-state index is 0.136. The number of nitrogen functional groups attached to an aromatic ring is 1. The third kappa shape index (κ3) is 2.82. The largest absolute Gasteiger partial charge is 0.394 e. The van der Waals surface area contributed by atoms with Gasteiger partial charge in [-0.1, -0.05) is 6.42 Å². The van der Waals surface area contributed by atoms with Gasteiger partial charge in [0.1, 0.15) is 6.33 Å². The van der Waals surface area contributed by atoms with Gasteiger partial charge >= 0.3 is 0 Å². The number of nitrogens with zero attached hydrogens (tertiary/aromatic N) is 2. The molecule has 88 valence electrons. The summed E-state index contributed by atoms with van der Waals surface area (Å²) in [4.78, 5) is 7.91. The van der Waals surface area contributed by atoms with E-state index >= 15 is 0 Å². The fourth-order valence-electron chi connectivity index (χ4n) is 2.18. The second-order valence-corrected chi connectivity index (χ2v) is 4.39. The third-order valence-corrected chi connectivity index (χ3v) is 3.05. The van der Waals surface area contributed by atoms with Gasteiger partial charge in [-0.2, -0.15) is 0 Å². The zero-order valence-corrected chi connectivity index (χ0v) is 9.26. The maximum atomic E-state index is 9.55. The Balaban J connectivity index is 1.85. The first-order chi connectivity index (χ1) is 7.75. The monoisotopic (exact) mass is 222 g/mol. The topological polar surface area (TPSA) is 84.1 Å². The van der Waals surface area contributed by atoms with Crippen molar-refractivity contribution < 1.29 is 5.11 Å². The predicted molar refractivity (Wildman–Crippen MR) is 62.9 cm³/mol. The number of anilines is 2. The van der Waals surface area contributed by atoms with Crippen LogP contribution >= 0.6 is 0 Å². The lowest BCUT2D eigenvalue weighted by Crippen LogP contribution is -2.25. The van der Waals surface area contributed by atoms with Gasteiger partial charge in [0.05, 0.1) is 18.0 Å². The third-order valence-electron chi connectivity index (χ3n) is 3.05. The number of nitrogens with one attached hydrogen (secondary N) is 1. The van der Waals surface area contributed by atoms with E-state index in [4.69, 9.17) is 5.73 Å². The lowest BCUT2D eigenvalue weighted by Gasteiger charge is -2.26. The Morgan fingerprint density at radius 3 is 3.12 bits per heavy atom. The summed E-state index contributed by atoms with van der Waals surface area (Å²) in [5.41, 5.74) is 6.29. The molecule has 1 saturated carbocycles. The molecule has 2 atom stereocenters. The smallest absolute Gasteiger partial charge is 0.152 e. The number of aromatic nitrogens is 2. The molecule has 0 radical (unpaired) electrons. The molecule has 0 saturated heterocycles. The standard InChI is InChI=1S/C11H18N4O/c12-10-6-13-7-15-11(10)14-5-8-2-1-3-9(16)4-8/h6-9,16H,1-5,12H2,(H,13,14,15). The second kappa shape index (κ2) is 5.12. The summed E-state index contributed by atoms with van der Waals surface area (Å²) in [6.07, 6.45) is 7.01. The van der Waals surface area contributed by atoms with E-state index in [2.05, 4.69) is 15.3 Å². The van der Waals surface area contributed by atoms with Crippen LogP contribution < -0.4 is 11.1 Å². The van der Waals surface area contributed by atoms with Gasteiger partial charge in [0, 0.05) is 6.54 Å². The lowest BCUT2D eigenvalue weighted by molar-refractivity contribution is 0.104. The number of aliphatic hydroxyl groups excluding tert-OH is 1. The van der Waals surface area contributed by atoms with Crippen molar-refractivity contribution in [2.45, 2.75) is 31.8 Å². The highest BCUT2D eigenvalue weighted by atomic mass is 16.3. The average molecular weight is 222 g/mol. The highest BCUT2D eigenvalue weighted by Crippen LogP contribution is 2.24. The predicted octanol–water partition coefficient (Wildman–Crippen LogP) is 1.02. The van der Waals surface area contributed by atoms with E-state index in [0.29, 0.717) is 17.4 Å². The number of hydrogen-bond acceptors (Lipinski definition) is 5. The van der Waals surface area contributed by atoms with Gasteiger partial charge in [0.2, 0.25) is 0 Å². The molecule has 1 aliphatic carbocycles. The van der Waals surface area contributed by atoms with Crippen LogP contribution in [0.3, 0.4) is 0 Å². The van der Waals surface area contributed by atoms with E-state index < -0.39 is 0 Å². The van der Waals surface area contributed by atoms with E-state index in [0.717, 1.165) is 32.2 Å². The first kappa shape index (κ1) is 11.1. The van der Waals surface area contributed by atoms with Gasteiger partial charge in [-0.05, 0) is 25.2 Å². The van der Waals surface area contributed by atoms with E-state index in [9.17, 15) is 5.11 Å². The molecule has 1 heterocycles. The molecule has 1 aromatic rings. The molecule has 1 aromatic heterocycles. The quantitative estimate of drug-likeness (QED) is 0.711. The van der Waals surface area contributed by atoms with Crippen molar-refractivity contribution in [3.63, 3.8) is 0 Å². The summed E-state index contributed by atoms with van der Waals surface area (Å²) in [6.45, 7) is 0.818. The Bertz CT molecular complexity index is 345. The van der Waals surface area contributed by atoms with Crippen molar-refractivity contribution in [1.82, 2.24) is 9.97 Å². The van der Waals surface area contributed by atoms with Crippen LogP contribution in [0.15, 0.2) is 12.5 Å². The fraction of sp³-hybridized carbons (Fsp3) is 0.636. The number of hydrogen-bond donors (Lipinski definition) is 3. The molecule has 0 aromatic carbocycles. The maximum absolute atomic E-state index is 9.55. The molecule has 2 unspecified atom stereocenters. The summed E-state index contributed by atoms with van der Waals surface area (Å²) < 4.78 is 0. The van der Waals surface area contributed by atoms with Crippen LogP contribution in [0.2, 0.25) is 0 Å². The molecule has 0 spiro atoms. The molecule has 5 heteroatoms.